The van der Waals surface area contributed by atoms with E-state index in [1.807, 2.05) is 13.0 Å². The van der Waals surface area contributed by atoms with Crippen molar-refractivity contribution >= 4 is 5.97 Å². The Morgan fingerprint density at radius 2 is 1.52 bits per heavy atom. The van der Waals surface area contributed by atoms with Crippen LogP contribution in [-0.2, 0) is 21.5 Å². The zero-order valence-corrected chi connectivity index (χ0v) is 16.7. The van der Waals surface area contributed by atoms with Crippen LogP contribution in [-0.4, -0.2) is 30.6 Å². The number of nitrogens with zero attached hydrogens (tertiary/aromatic N) is 1. The second-order valence-corrected chi connectivity index (χ2v) is 8.02. The first kappa shape index (κ1) is 18.1. The molecule has 146 valence electrons. The molecule has 0 radical (unpaired) electrons. The summed E-state index contributed by atoms with van der Waals surface area (Å²) in [7, 11) is 0. The van der Waals surface area contributed by atoms with Crippen LogP contribution in [0, 0.1) is 5.92 Å². The van der Waals surface area contributed by atoms with Crippen molar-refractivity contribution in [3.05, 3.63) is 95.6 Å². The molecule has 1 aliphatic carbocycles. The summed E-state index contributed by atoms with van der Waals surface area (Å²) in [4.78, 5) is 15.6. The number of fused-ring (bicyclic) bond motifs is 5. The lowest BCUT2D eigenvalue weighted by Gasteiger charge is -2.32. The minimum atomic E-state index is -0.353. The van der Waals surface area contributed by atoms with E-state index < -0.39 is 0 Å². The highest BCUT2D eigenvalue weighted by molar-refractivity contribution is 5.87. The zero-order chi connectivity index (χ0) is 19.8. The first-order valence-corrected chi connectivity index (χ1v) is 10.4. The third kappa shape index (κ3) is 2.80. The molecule has 1 spiro atoms. The molecule has 0 aromatic heterocycles. The summed E-state index contributed by atoms with van der Waals surface area (Å²) in [6.45, 7) is 4.66. The van der Waals surface area contributed by atoms with Crippen LogP contribution in [0.25, 0.3) is 11.1 Å². The third-order valence-electron chi connectivity index (χ3n) is 6.43. The maximum atomic E-state index is 13.2. The molecule has 3 aromatic carbocycles. The van der Waals surface area contributed by atoms with E-state index in [0.29, 0.717) is 13.2 Å². The maximum Gasteiger partial charge on any atom is 0.311 e. The molecule has 5 rings (SSSR count). The number of likely N-dealkylation sites (tertiary alicyclic amines) is 1. The molecule has 2 aliphatic rings. The average molecular weight is 383 g/mol. The Balaban J connectivity index is 1.63. The van der Waals surface area contributed by atoms with Gasteiger partial charge in [-0.1, -0.05) is 78.9 Å². The summed E-state index contributed by atoms with van der Waals surface area (Å²) in [5, 5.41) is 0. The predicted octanol–water partition coefficient (Wildman–Crippen LogP) is 4.65. The maximum absolute atomic E-state index is 13.2. The smallest absolute Gasteiger partial charge is 0.311 e. The normalized spacial score (nSPS) is 19.1. The van der Waals surface area contributed by atoms with Crippen molar-refractivity contribution in [3.8, 4) is 11.1 Å². The predicted molar refractivity (Wildman–Crippen MR) is 115 cm³/mol. The lowest BCUT2D eigenvalue weighted by molar-refractivity contribution is -0.148. The van der Waals surface area contributed by atoms with E-state index in [0.717, 1.165) is 13.1 Å². The van der Waals surface area contributed by atoms with Gasteiger partial charge < -0.3 is 4.74 Å². The molecule has 3 nitrogen and oxygen atoms in total. The molecule has 1 unspecified atom stereocenters. The highest BCUT2D eigenvalue weighted by Crippen LogP contribution is 2.56. The van der Waals surface area contributed by atoms with Crippen molar-refractivity contribution in [2.45, 2.75) is 18.9 Å². The van der Waals surface area contributed by atoms with Crippen LogP contribution in [0.2, 0.25) is 0 Å². The summed E-state index contributed by atoms with van der Waals surface area (Å²) in [6.07, 6.45) is 0. The lowest BCUT2D eigenvalue weighted by Crippen LogP contribution is -2.39. The number of carbonyl (C=O) groups excluding carboxylic acids is 1. The molecular formula is C26H25NO2. The Hall–Kier alpha value is -2.91. The van der Waals surface area contributed by atoms with Crippen LogP contribution in [0.5, 0.6) is 0 Å². The third-order valence-corrected chi connectivity index (χ3v) is 6.43. The second kappa shape index (κ2) is 7.16. The molecule has 0 N–H and O–H groups in total. The highest BCUT2D eigenvalue weighted by Gasteiger charge is 2.57. The monoisotopic (exact) mass is 383 g/mol. The molecule has 0 amide bonds. The molecule has 3 heteroatoms. The number of ether oxygens (including phenoxy) is 1. The van der Waals surface area contributed by atoms with Crippen LogP contribution in [0.15, 0.2) is 78.9 Å². The van der Waals surface area contributed by atoms with Gasteiger partial charge in [0.25, 0.3) is 0 Å². The summed E-state index contributed by atoms with van der Waals surface area (Å²) in [5.74, 6) is -0.300. The highest BCUT2D eigenvalue weighted by atomic mass is 16.5. The Bertz CT molecular complexity index is 998. The van der Waals surface area contributed by atoms with E-state index in [9.17, 15) is 4.79 Å². The SMILES string of the molecule is CCOC(=O)C1CN(Cc2ccccc2)CC12c1ccccc1-c1ccccc12. The van der Waals surface area contributed by atoms with Gasteiger partial charge in [0.15, 0.2) is 0 Å². The number of benzene rings is 3. The van der Waals surface area contributed by atoms with Gasteiger partial charge >= 0.3 is 5.97 Å². The number of hydrogen-bond acceptors (Lipinski definition) is 3. The summed E-state index contributed by atoms with van der Waals surface area (Å²) in [6, 6.07) is 27.6. The fraction of sp³-hybridized carbons (Fsp3) is 0.269. The fourth-order valence-corrected chi connectivity index (χ4v) is 5.33. The zero-order valence-electron chi connectivity index (χ0n) is 16.7. The minimum Gasteiger partial charge on any atom is -0.466 e. The van der Waals surface area contributed by atoms with Gasteiger partial charge in [-0.2, -0.15) is 0 Å². The van der Waals surface area contributed by atoms with E-state index in [4.69, 9.17) is 4.74 Å². The van der Waals surface area contributed by atoms with Crippen LogP contribution in [0.4, 0.5) is 0 Å². The fourth-order valence-electron chi connectivity index (χ4n) is 5.33. The largest absolute Gasteiger partial charge is 0.466 e. The van der Waals surface area contributed by atoms with E-state index in [1.54, 1.807) is 0 Å². The van der Waals surface area contributed by atoms with Gasteiger partial charge in [-0.15, -0.1) is 0 Å². The van der Waals surface area contributed by atoms with Crippen molar-refractivity contribution in [1.82, 2.24) is 4.90 Å². The van der Waals surface area contributed by atoms with E-state index in [-0.39, 0.29) is 17.3 Å². The van der Waals surface area contributed by atoms with Gasteiger partial charge in [-0.3, -0.25) is 9.69 Å². The van der Waals surface area contributed by atoms with Crippen LogP contribution in [0.3, 0.4) is 0 Å². The van der Waals surface area contributed by atoms with E-state index in [2.05, 4.69) is 77.7 Å². The van der Waals surface area contributed by atoms with Crippen molar-refractivity contribution in [3.63, 3.8) is 0 Å². The quantitative estimate of drug-likeness (QED) is 0.614. The first-order valence-electron chi connectivity index (χ1n) is 10.4. The number of hydrogen-bond donors (Lipinski definition) is 0. The summed E-state index contributed by atoms with van der Waals surface area (Å²) >= 11 is 0. The summed E-state index contributed by atoms with van der Waals surface area (Å²) in [5.41, 5.74) is 5.93. The molecule has 0 bridgehead atoms. The van der Waals surface area contributed by atoms with Gasteiger partial charge in [-0.25, -0.2) is 0 Å². The van der Waals surface area contributed by atoms with Gasteiger partial charge in [0, 0.05) is 25.0 Å². The summed E-state index contributed by atoms with van der Waals surface area (Å²) < 4.78 is 5.58. The van der Waals surface area contributed by atoms with E-state index in [1.165, 1.54) is 27.8 Å². The molecule has 1 saturated heterocycles. The van der Waals surface area contributed by atoms with Crippen molar-refractivity contribution in [2.24, 2.45) is 5.92 Å². The van der Waals surface area contributed by atoms with Crippen molar-refractivity contribution in [1.29, 1.82) is 0 Å². The lowest BCUT2D eigenvalue weighted by atomic mass is 9.70. The Labute approximate surface area is 171 Å². The van der Waals surface area contributed by atoms with Crippen LogP contribution >= 0.6 is 0 Å². The topological polar surface area (TPSA) is 29.5 Å². The van der Waals surface area contributed by atoms with Crippen LogP contribution in [0.1, 0.15) is 23.6 Å². The van der Waals surface area contributed by atoms with Gasteiger partial charge in [-0.05, 0) is 34.7 Å². The van der Waals surface area contributed by atoms with Crippen molar-refractivity contribution in [2.75, 3.05) is 19.7 Å². The van der Waals surface area contributed by atoms with Gasteiger partial charge in [0.2, 0.25) is 0 Å². The van der Waals surface area contributed by atoms with Gasteiger partial charge in [0.1, 0.15) is 0 Å². The molecule has 3 aromatic rings. The Morgan fingerprint density at radius 1 is 0.931 bits per heavy atom. The average Bonchev–Trinajstić information content (AvgIpc) is 3.27. The molecule has 1 atom stereocenters. The standard InChI is InChI=1S/C26H25NO2/c1-2-29-25(28)24-17-27(16-19-10-4-3-5-11-19)18-26(24)22-14-8-6-12-20(22)21-13-7-9-15-23(21)26/h3-15,24H,2,16-18H2,1H3. The molecule has 1 fully saturated rings. The Kier molecular flexibility index (Phi) is 4.48. The number of esters is 1. The minimum absolute atomic E-state index is 0.0884. The molecule has 0 saturated carbocycles. The Morgan fingerprint density at radius 3 is 2.14 bits per heavy atom. The number of rotatable bonds is 4. The van der Waals surface area contributed by atoms with Gasteiger partial charge in [0.05, 0.1) is 12.5 Å². The van der Waals surface area contributed by atoms with Crippen molar-refractivity contribution < 1.29 is 9.53 Å². The molecule has 1 aliphatic heterocycles. The molecular weight excluding hydrogens is 358 g/mol. The van der Waals surface area contributed by atoms with E-state index >= 15 is 0 Å². The van der Waals surface area contributed by atoms with Crippen LogP contribution < -0.4 is 0 Å². The molecule has 29 heavy (non-hydrogen) atoms. The number of carbonyl (C=O) groups is 1. The first-order chi connectivity index (χ1) is 14.2. The second-order valence-electron chi connectivity index (χ2n) is 8.02. The molecule has 1 heterocycles.